The zero-order chi connectivity index (χ0) is 74.7. The fourth-order valence-electron chi connectivity index (χ4n) is 19.0. The Morgan fingerprint density at radius 2 is 0.491 bits per heavy atom. The highest BCUT2D eigenvalue weighted by molar-refractivity contribution is 7.00. The Bertz CT molecular complexity index is 6880. The molecule has 0 saturated carbocycles. The molecule has 0 radical (unpaired) electrons. The molecule has 0 N–H and O–H groups in total. The maximum absolute atomic E-state index is 9.77. The predicted molar refractivity (Wildman–Crippen MR) is 464 cm³/mol. The Kier molecular flexibility index (Phi) is 13.0. The predicted octanol–water partition coefficient (Wildman–Crippen LogP) is 25.1. The van der Waals surface area contributed by atoms with Gasteiger partial charge in [-0.1, -0.05) is 291 Å². The second kappa shape index (κ2) is 24.3. The lowest BCUT2D eigenvalue weighted by Gasteiger charge is -2.45. The summed E-state index contributed by atoms with van der Waals surface area (Å²) in [7, 11) is 0. The lowest BCUT2D eigenvalue weighted by atomic mass is 9.33. The summed E-state index contributed by atoms with van der Waals surface area (Å²) in [5.74, 6) is 0. The fourth-order valence-corrected chi connectivity index (χ4v) is 19.0. The van der Waals surface area contributed by atoms with Gasteiger partial charge in [0.2, 0.25) is 0 Å². The van der Waals surface area contributed by atoms with Crippen LogP contribution < -0.4 is 26.2 Å². The number of benzene rings is 17. The molecule has 110 heavy (non-hydrogen) atoms. The van der Waals surface area contributed by atoms with Crippen LogP contribution in [0.15, 0.2) is 388 Å². The molecule has 7 heteroatoms. The van der Waals surface area contributed by atoms with E-state index in [1.807, 2.05) is 12.1 Å². The molecule has 0 aliphatic carbocycles. The van der Waals surface area contributed by atoms with E-state index in [0.29, 0.717) is 0 Å². The second-order valence-corrected chi connectivity index (χ2v) is 29.2. The third-order valence-electron chi connectivity index (χ3n) is 23.4. The summed E-state index contributed by atoms with van der Waals surface area (Å²) in [6, 6.07) is 141. The first-order chi connectivity index (χ1) is 55.8. The Morgan fingerprint density at radius 1 is 0.209 bits per heavy atom. The summed E-state index contributed by atoms with van der Waals surface area (Å²) >= 11 is 0. The number of nitrogens with zero attached hydrogens (tertiary/aromatic N) is 6. The van der Waals surface area contributed by atoms with E-state index < -0.39 is 13.6 Å². The molecule has 2 aliphatic rings. The van der Waals surface area contributed by atoms with E-state index in [2.05, 4.69) is 404 Å². The lowest BCUT2D eigenvalue weighted by Crippen LogP contribution is -2.61. The van der Waals surface area contributed by atoms with Gasteiger partial charge in [-0.3, -0.25) is 0 Å². The van der Waals surface area contributed by atoms with Crippen molar-refractivity contribution in [1.82, 2.24) is 18.3 Å². The van der Waals surface area contributed by atoms with E-state index in [1.54, 1.807) is 0 Å². The summed E-state index contributed by atoms with van der Waals surface area (Å²) in [5.41, 5.74) is 29.7. The third-order valence-corrected chi connectivity index (χ3v) is 23.4. The van der Waals surface area contributed by atoms with Gasteiger partial charge in [-0.2, -0.15) is 0 Å². The zero-order valence-corrected chi connectivity index (χ0v) is 59.7. The fraction of sp³-hybridized carbons (Fsp3) is 0.00971. The molecule has 6 heterocycles. The minimum Gasteiger partial charge on any atom is -0.311 e. The maximum Gasteiger partial charge on any atom is 0.252 e. The number of hydrogen-bond donors (Lipinski definition) is 0. The summed E-state index contributed by atoms with van der Waals surface area (Å²) in [4.78, 5) is 4.81. The van der Waals surface area contributed by atoms with Crippen molar-refractivity contribution >= 4 is 144 Å². The smallest absolute Gasteiger partial charge is 0.252 e. The molecule has 0 saturated heterocycles. The number of para-hydroxylation sites is 12. The molecule has 21 aromatic rings. The van der Waals surface area contributed by atoms with Gasteiger partial charge in [0.05, 0.1) is 78.3 Å². The first-order valence-corrected chi connectivity index (χ1v) is 37.9. The monoisotopic (exact) mass is 1400 g/mol. The number of aromatic nitrogens is 4. The quantitative estimate of drug-likeness (QED) is 0.128. The van der Waals surface area contributed by atoms with Gasteiger partial charge in [-0.05, 0) is 148 Å². The van der Waals surface area contributed by atoms with Crippen LogP contribution in [0.2, 0.25) is 0 Å². The van der Waals surface area contributed by atoms with Crippen LogP contribution in [0.1, 0.15) is 9.68 Å². The average Bonchev–Trinajstić information content (AvgIpc) is 1.54. The van der Waals surface area contributed by atoms with Crippen LogP contribution in [0.3, 0.4) is 0 Å². The van der Waals surface area contributed by atoms with Crippen molar-refractivity contribution in [3.63, 3.8) is 0 Å². The zero-order valence-electron chi connectivity index (χ0n) is 62.7. The van der Waals surface area contributed by atoms with Gasteiger partial charge in [0.15, 0.2) is 0 Å². The van der Waals surface area contributed by atoms with Gasteiger partial charge in [0.1, 0.15) is 0 Å². The van der Waals surface area contributed by atoms with Crippen molar-refractivity contribution in [3.05, 3.63) is 394 Å². The Morgan fingerprint density at radius 3 is 0.827 bits per heavy atom. The van der Waals surface area contributed by atoms with Crippen molar-refractivity contribution in [2.45, 2.75) is 6.85 Å². The number of anilines is 6. The number of aryl methyl sites for hydroxylation is 1. The summed E-state index contributed by atoms with van der Waals surface area (Å²) in [6.45, 7) is -2.99. The molecular weight excluding hydrogens is 1330 g/mol. The molecule has 0 bridgehead atoms. The van der Waals surface area contributed by atoms with Crippen LogP contribution in [0.4, 0.5) is 34.1 Å². The van der Waals surface area contributed by atoms with Gasteiger partial charge >= 0.3 is 0 Å². The summed E-state index contributed by atoms with van der Waals surface area (Å²) in [6.07, 6.45) is 0. The Hall–Kier alpha value is -14.4. The first-order valence-electron chi connectivity index (χ1n) is 39.4. The second-order valence-electron chi connectivity index (χ2n) is 29.2. The minimum absolute atomic E-state index is 0.230. The van der Waals surface area contributed by atoms with Gasteiger partial charge in [0.25, 0.3) is 6.71 Å². The van der Waals surface area contributed by atoms with Crippen LogP contribution in [0.25, 0.3) is 154 Å². The highest BCUT2D eigenvalue weighted by atomic mass is 15.2. The SMILES string of the molecule is [2H]C([2H])([2H])c1cc2c3c(c1)N(c1ccccc1-c1ccccc1)c1cc(-c4cccc(-n5c6ccccc6c6ccccc65)c4-n4c5ccccc5c5ccccc54)ccc1B3c1ccc(-c3cccc(-n4c5ccccc5c5ccccc54)c3-n3c4ccccc4c4ccccc43)cc1N2c1ccccc1-c1ccccc1. The standard InChI is InChI=1S/C103H67BN6/c1-66-62-99-101-100(63-66)108(86-47-19-9-35-72(86)68-32-6-3-7-33-68)98-65-70(74-45-29-57-96(106-89-50-22-12-38-77(89)78-39-13-23-51-90(78)106)103(74)110-93-54-26-16-42-81(93)82-43-17-27-55-94(82)110)59-61-84(98)104(101)83-60-58-69(64-97(83)107(99)85-46-18-8-34-71(85)67-30-4-2-5-31-67)73-44-28-56-95(105-87-48-20-10-36-75(87)76-37-11-21-49-88(76)105)102(73)109-91-52-24-14-40-79(91)80-41-15-25-53-92(80)109/h2-65H,1H3/i1D3. The number of fused-ring (bicyclic) bond motifs is 16. The van der Waals surface area contributed by atoms with Crippen LogP contribution in [0, 0.1) is 6.85 Å². The molecule has 0 unspecified atom stereocenters. The summed E-state index contributed by atoms with van der Waals surface area (Å²) in [5, 5.41) is 9.36. The lowest BCUT2D eigenvalue weighted by molar-refractivity contribution is 1.10. The number of hydrogen-bond acceptors (Lipinski definition) is 2. The highest BCUT2D eigenvalue weighted by Crippen LogP contribution is 2.52. The molecule has 23 rings (SSSR count). The van der Waals surface area contributed by atoms with Crippen molar-refractivity contribution in [1.29, 1.82) is 0 Å². The Labute approximate surface area is 640 Å². The Balaban J connectivity index is 0.838. The van der Waals surface area contributed by atoms with E-state index in [0.717, 1.165) is 183 Å². The molecule has 512 valence electrons. The normalized spacial score (nSPS) is 13.1. The molecule has 2 aliphatic heterocycles. The van der Waals surface area contributed by atoms with Crippen molar-refractivity contribution in [3.8, 4) is 67.3 Å². The van der Waals surface area contributed by atoms with Crippen molar-refractivity contribution < 1.29 is 4.11 Å². The third kappa shape index (κ3) is 9.06. The van der Waals surface area contributed by atoms with Crippen LogP contribution in [-0.2, 0) is 0 Å². The average molecular weight is 1400 g/mol. The minimum atomic E-state index is -2.56. The first kappa shape index (κ1) is 58.8. The van der Waals surface area contributed by atoms with Gasteiger partial charge in [-0.15, -0.1) is 0 Å². The number of rotatable bonds is 10. The van der Waals surface area contributed by atoms with E-state index in [4.69, 9.17) is 0 Å². The van der Waals surface area contributed by atoms with Crippen LogP contribution >= 0.6 is 0 Å². The maximum atomic E-state index is 9.77. The van der Waals surface area contributed by atoms with Gasteiger partial charge in [0, 0.05) is 92.2 Å². The van der Waals surface area contributed by atoms with E-state index in [-0.39, 0.29) is 5.56 Å². The molecule has 0 amide bonds. The van der Waals surface area contributed by atoms with Gasteiger partial charge < -0.3 is 28.1 Å². The molecule has 0 spiro atoms. The molecule has 6 nitrogen and oxygen atoms in total. The van der Waals surface area contributed by atoms with Crippen LogP contribution in [0.5, 0.6) is 0 Å². The van der Waals surface area contributed by atoms with Crippen molar-refractivity contribution in [2.24, 2.45) is 0 Å². The van der Waals surface area contributed by atoms with Crippen LogP contribution in [-0.4, -0.2) is 25.0 Å². The molecule has 0 atom stereocenters. The van der Waals surface area contributed by atoms with E-state index in [1.165, 1.54) is 21.5 Å². The largest absolute Gasteiger partial charge is 0.311 e. The highest BCUT2D eigenvalue weighted by Gasteiger charge is 2.45. The van der Waals surface area contributed by atoms with E-state index in [9.17, 15) is 4.11 Å². The molecule has 17 aromatic carbocycles. The summed E-state index contributed by atoms with van der Waals surface area (Å²) < 4.78 is 39.2. The van der Waals surface area contributed by atoms with Gasteiger partial charge in [-0.25, -0.2) is 0 Å². The van der Waals surface area contributed by atoms with E-state index >= 15 is 0 Å². The van der Waals surface area contributed by atoms with Crippen molar-refractivity contribution in [2.75, 3.05) is 9.80 Å². The topological polar surface area (TPSA) is 26.2 Å². The molecule has 4 aromatic heterocycles. The molecular formula is C103H67BN6. The molecule has 0 fully saturated rings.